The average molecular weight is 529 g/mol. The van der Waals surface area contributed by atoms with Crippen LogP contribution in [-0.2, 0) is 11.3 Å². The van der Waals surface area contributed by atoms with Crippen molar-refractivity contribution in [2.24, 2.45) is 0 Å². The number of carbonyl (C=O) groups excluding carboxylic acids is 1. The lowest BCUT2D eigenvalue weighted by atomic mass is 10.1. The fourth-order valence-electron chi connectivity index (χ4n) is 4.37. The van der Waals surface area contributed by atoms with Gasteiger partial charge in [0.2, 0.25) is 5.88 Å². The van der Waals surface area contributed by atoms with E-state index >= 15 is 0 Å². The van der Waals surface area contributed by atoms with Crippen molar-refractivity contribution in [3.05, 3.63) is 89.1 Å². The molecular weight excluding hydrogens is 504 g/mol. The van der Waals surface area contributed by atoms with Gasteiger partial charge in [0, 0.05) is 30.9 Å². The Hall–Kier alpha value is -4.55. The summed E-state index contributed by atoms with van der Waals surface area (Å²) in [6.45, 7) is 1.26. The first kappa shape index (κ1) is 25.1. The SMILES string of the molecule is N#Cc1c(-c2ccc(Oc3ccc(Cl)cn3)cc2)nn(C2CCN(C(=O)OCc3ccccc3)CC2)c1N. The quantitative estimate of drug-likeness (QED) is 0.335. The molecule has 1 amide bonds. The number of amides is 1. The van der Waals surface area contributed by atoms with Crippen molar-refractivity contribution in [2.75, 3.05) is 18.8 Å². The van der Waals surface area contributed by atoms with E-state index in [4.69, 9.17) is 31.9 Å². The van der Waals surface area contributed by atoms with Crippen molar-refractivity contribution in [1.82, 2.24) is 19.7 Å². The number of benzene rings is 2. The number of anilines is 1. The lowest BCUT2D eigenvalue weighted by molar-refractivity contribution is 0.0823. The molecule has 1 fully saturated rings. The number of nitrogens with zero attached hydrogens (tertiary/aromatic N) is 5. The number of hydrogen-bond acceptors (Lipinski definition) is 7. The number of nitriles is 1. The molecule has 0 aliphatic carbocycles. The van der Waals surface area contributed by atoms with Gasteiger partial charge in [-0.05, 0) is 48.7 Å². The smallest absolute Gasteiger partial charge is 0.410 e. The van der Waals surface area contributed by atoms with E-state index in [1.54, 1.807) is 33.8 Å². The Morgan fingerprint density at radius 3 is 2.47 bits per heavy atom. The molecule has 0 unspecified atom stereocenters. The van der Waals surface area contributed by atoms with E-state index in [-0.39, 0.29) is 18.7 Å². The minimum Gasteiger partial charge on any atom is -0.445 e. The molecule has 0 atom stereocenters. The van der Waals surface area contributed by atoms with E-state index in [2.05, 4.69) is 11.1 Å². The number of carbonyl (C=O) groups is 1. The third-order valence-corrected chi connectivity index (χ3v) is 6.61. The zero-order valence-corrected chi connectivity index (χ0v) is 21.2. The lowest BCUT2D eigenvalue weighted by Crippen LogP contribution is -2.39. The first-order valence-electron chi connectivity index (χ1n) is 12.2. The van der Waals surface area contributed by atoms with Crippen LogP contribution in [0.2, 0.25) is 5.02 Å². The Balaban J connectivity index is 1.24. The van der Waals surface area contributed by atoms with Gasteiger partial charge in [-0.1, -0.05) is 41.9 Å². The summed E-state index contributed by atoms with van der Waals surface area (Å²) >= 11 is 5.87. The number of likely N-dealkylation sites (tertiary alicyclic amines) is 1. The monoisotopic (exact) mass is 528 g/mol. The number of nitrogens with two attached hydrogens (primary N) is 1. The van der Waals surface area contributed by atoms with Gasteiger partial charge in [-0.25, -0.2) is 14.5 Å². The van der Waals surface area contributed by atoms with Crippen molar-refractivity contribution in [3.63, 3.8) is 0 Å². The third-order valence-electron chi connectivity index (χ3n) is 6.38. The zero-order valence-electron chi connectivity index (χ0n) is 20.5. The third kappa shape index (κ3) is 5.56. The molecule has 1 aliphatic heterocycles. The second-order valence-corrected chi connectivity index (χ2v) is 9.30. The van der Waals surface area contributed by atoms with Gasteiger partial charge in [0.25, 0.3) is 0 Å². The molecule has 0 spiro atoms. The molecule has 2 aromatic heterocycles. The predicted molar refractivity (Wildman–Crippen MR) is 143 cm³/mol. The number of piperidine rings is 1. The highest BCUT2D eigenvalue weighted by molar-refractivity contribution is 6.30. The summed E-state index contributed by atoms with van der Waals surface area (Å²) in [4.78, 5) is 18.3. The molecule has 1 saturated heterocycles. The molecule has 0 radical (unpaired) electrons. The van der Waals surface area contributed by atoms with Crippen molar-refractivity contribution >= 4 is 23.5 Å². The Morgan fingerprint density at radius 1 is 1.08 bits per heavy atom. The summed E-state index contributed by atoms with van der Waals surface area (Å²) in [5.74, 6) is 1.32. The molecular formula is C28H25ClN6O3. The van der Waals surface area contributed by atoms with Crippen molar-refractivity contribution in [1.29, 1.82) is 5.26 Å². The van der Waals surface area contributed by atoms with Gasteiger partial charge in [-0.2, -0.15) is 10.4 Å². The first-order valence-corrected chi connectivity index (χ1v) is 12.5. The van der Waals surface area contributed by atoms with Gasteiger partial charge in [0.05, 0.1) is 11.1 Å². The fourth-order valence-corrected chi connectivity index (χ4v) is 4.48. The molecule has 5 rings (SSSR count). The van der Waals surface area contributed by atoms with Crippen molar-refractivity contribution in [2.45, 2.75) is 25.5 Å². The maximum absolute atomic E-state index is 12.5. The molecule has 0 bridgehead atoms. The molecule has 2 aromatic carbocycles. The van der Waals surface area contributed by atoms with Gasteiger partial charge >= 0.3 is 6.09 Å². The molecule has 0 saturated carbocycles. The van der Waals surface area contributed by atoms with Crippen LogP contribution < -0.4 is 10.5 Å². The maximum Gasteiger partial charge on any atom is 0.410 e. The van der Waals surface area contributed by atoms with Crippen LogP contribution in [0.4, 0.5) is 10.6 Å². The Labute approximate surface area is 225 Å². The molecule has 2 N–H and O–H groups in total. The molecule has 192 valence electrons. The number of halogens is 1. The van der Waals surface area contributed by atoms with Gasteiger partial charge in [0.1, 0.15) is 35.5 Å². The van der Waals surface area contributed by atoms with Gasteiger partial charge < -0.3 is 20.1 Å². The molecule has 9 nitrogen and oxygen atoms in total. The maximum atomic E-state index is 12.5. The normalized spacial score (nSPS) is 13.6. The van der Waals surface area contributed by atoms with E-state index in [1.807, 2.05) is 42.5 Å². The largest absolute Gasteiger partial charge is 0.445 e. The summed E-state index contributed by atoms with van der Waals surface area (Å²) < 4.78 is 12.9. The van der Waals surface area contributed by atoms with Crippen LogP contribution in [0.3, 0.4) is 0 Å². The van der Waals surface area contributed by atoms with Gasteiger partial charge in [-0.15, -0.1) is 0 Å². The van der Waals surface area contributed by atoms with E-state index in [9.17, 15) is 10.1 Å². The molecule has 1 aliphatic rings. The van der Waals surface area contributed by atoms with Crippen LogP contribution in [0.25, 0.3) is 11.3 Å². The van der Waals surface area contributed by atoms with Crippen molar-refractivity contribution in [3.8, 4) is 29.0 Å². The van der Waals surface area contributed by atoms with Crippen LogP contribution in [0.1, 0.15) is 30.0 Å². The van der Waals surface area contributed by atoms with E-state index in [1.165, 1.54) is 6.20 Å². The van der Waals surface area contributed by atoms with Gasteiger partial charge in [0.15, 0.2) is 0 Å². The highest BCUT2D eigenvalue weighted by atomic mass is 35.5. The second-order valence-electron chi connectivity index (χ2n) is 8.86. The van der Waals surface area contributed by atoms with E-state index in [0.717, 1.165) is 11.1 Å². The van der Waals surface area contributed by atoms with Crippen LogP contribution in [-0.4, -0.2) is 38.8 Å². The molecule has 38 heavy (non-hydrogen) atoms. The van der Waals surface area contributed by atoms with Crippen LogP contribution >= 0.6 is 11.6 Å². The topological polar surface area (TPSA) is 119 Å². The Bertz CT molecular complexity index is 1440. The number of pyridine rings is 1. The second kappa shape index (κ2) is 11.2. The molecule has 4 aromatic rings. The number of ether oxygens (including phenoxy) is 2. The number of nitrogen functional groups attached to an aromatic ring is 1. The molecule has 3 heterocycles. The molecule has 10 heteroatoms. The van der Waals surface area contributed by atoms with Crippen molar-refractivity contribution < 1.29 is 14.3 Å². The first-order chi connectivity index (χ1) is 18.5. The van der Waals surface area contributed by atoms with E-state index < -0.39 is 0 Å². The summed E-state index contributed by atoms with van der Waals surface area (Å²) in [5, 5.41) is 15.1. The number of aromatic nitrogens is 3. The Morgan fingerprint density at radius 2 is 1.82 bits per heavy atom. The number of hydrogen-bond donors (Lipinski definition) is 1. The Kier molecular flexibility index (Phi) is 7.43. The minimum absolute atomic E-state index is 0.0346. The lowest BCUT2D eigenvalue weighted by Gasteiger charge is -2.31. The average Bonchev–Trinajstić information content (AvgIpc) is 3.30. The van der Waals surface area contributed by atoms with E-state index in [0.29, 0.717) is 59.7 Å². The summed E-state index contributed by atoms with van der Waals surface area (Å²) in [6, 6.07) is 22.3. The van der Waals surface area contributed by atoms with Crippen LogP contribution in [0.15, 0.2) is 72.9 Å². The highest BCUT2D eigenvalue weighted by Crippen LogP contribution is 2.33. The minimum atomic E-state index is -0.338. The number of rotatable bonds is 6. The zero-order chi connectivity index (χ0) is 26.5. The summed E-state index contributed by atoms with van der Waals surface area (Å²) in [6.07, 6.45) is 2.47. The highest BCUT2D eigenvalue weighted by Gasteiger charge is 2.28. The fraction of sp³-hybridized carbons (Fsp3) is 0.214. The van der Waals surface area contributed by atoms with Crippen LogP contribution in [0.5, 0.6) is 11.6 Å². The standard InChI is InChI=1S/C28H25ClN6O3/c29-21-8-11-25(32-17-21)38-23-9-6-20(7-10-23)26-24(16-30)27(31)35(33-26)22-12-14-34(15-13-22)28(36)37-18-19-4-2-1-3-5-19/h1-11,17,22H,12-15,18,31H2. The summed E-state index contributed by atoms with van der Waals surface area (Å²) in [7, 11) is 0. The summed E-state index contributed by atoms with van der Waals surface area (Å²) in [5.41, 5.74) is 8.87. The van der Waals surface area contributed by atoms with Gasteiger partial charge in [-0.3, -0.25) is 0 Å². The predicted octanol–water partition coefficient (Wildman–Crippen LogP) is 5.82. The van der Waals surface area contributed by atoms with Crippen LogP contribution in [0, 0.1) is 11.3 Å².